The first-order valence-electron chi connectivity index (χ1n) is 5.11. The lowest BCUT2D eigenvalue weighted by Gasteiger charge is -1.98. The Hall–Kier alpha value is -2.08. The lowest BCUT2D eigenvalue weighted by atomic mass is 10.3. The van der Waals surface area contributed by atoms with Crippen LogP contribution >= 0.6 is 15.9 Å². The average Bonchev–Trinajstić information content (AvgIpc) is 2.42. The number of carbonyl (C=O) groups is 1. The zero-order valence-corrected chi connectivity index (χ0v) is 10.8. The average molecular weight is 305 g/mol. The smallest absolute Gasteiger partial charge is 0.266 e. The molecule has 90 valence electrons. The molecule has 5 nitrogen and oxygen atoms in total. The minimum atomic E-state index is -0.350. The van der Waals surface area contributed by atoms with Crippen molar-refractivity contribution < 1.29 is 4.79 Å². The molecule has 1 N–H and O–H groups in total. The predicted molar refractivity (Wildman–Crippen MR) is 71.2 cm³/mol. The van der Waals surface area contributed by atoms with Gasteiger partial charge in [-0.15, -0.1) is 0 Å². The van der Waals surface area contributed by atoms with Crippen LogP contribution in [0.25, 0.3) is 0 Å². The number of hydrazone groups is 1. The molecule has 1 amide bonds. The molecule has 0 saturated carbocycles. The maximum Gasteiger partial charge on any atom is 0.289 e. The van der Waals surface area contributed by atoms with Crippen molar-refractivity contribution in [1.82, 2.24) is 15.4 Å². The van der Waals surface area contributed by atoms with Gasteiger partial charge in [-0.2, -0.15) is 5.10 Å². The van der Waals surface area contributed by atoms with Crippen LogP contribution in [0, 0.1) is 0 Å². The molecule has 0 fully saturated rings. The zero-order chi connectivity index (χ0) is 12.8. The van der Waals surface area contributed by atoms with E-state index in [9.17, 15) is 4.79 Å². The summed E-state index contributed by atoms with van der Waals surface area (Å²) in [6.45, 7) is 0. The summed E-state index contributed by atoms with van der Waals surface area (Å²) in [5, 5.41) is 3.86. The van der Waals surface area contributed by atoms with Crippen molar-refractivity contribution in [2.45, 2.75) is 0 Å². The molecule has 0 bridgehead atoms. The normalized spacial score (nSPS) is 10.5. The molecule has 18 heavy (non-hydrogen) atoms. The third kappa shape index (κ3) is 3.21. The molecule has 0 radical (unpaired) electrons. The van der Waals surface area contributed by atoms with Crippen LogP contribution in [-0.4, -0.2) is 22.1 Å². The molecule has 2 aromatic rings. The number of aromatic nitrogens is 2. The number of carbonyl (C=O) groups excluding carboxylic acids is 1. The van der Waals surface area contributed by atoms with Gasteiger partial charge >= 0.3 is 0 Å². The molecule has 6 heteroatoms. The minimum Gasteiger partial charge on any atom is -0.266 e. The summed E-state index contributed by atoms with van der Waals surface area (Å²) in [6.07, 6.45) is 6.39. The summed E-state index contributed by atoms with van der Waals surface area (Å²) in [4.78, 5) is 19.5. The molecular weight excluding hydrogens is 296 g/mol. The molecule has 0 aliphatic heterocycles. The molecular formula is C12H9BrN4O. The van der Waals surface area contributed by atoms with Crippen LogP contribution < -0.4 is 5.43 Å². The monoisotopic (exact) mass is 304 g/mol. The zero-order valence-electron chi connectivity index (χ0n) is 9.25. The third-order valence-electron chi connectivity index (χ3n) is 2.07. The first kappa shape index (κ1) is 12.4. The summed E-state index contributed by atoms with van der Waals surface area (Å²) in [5.41, 5.74) is 3.55. The van der Waals surface area contributed by atoms with Crippen LogP contribution in [0.15, 0.2) is 52.4 Å². The summed E-state index contributed by atoms with van der Waals surface area (Å²) in [7, 11) is 0. The fourth-order valence-electron chi connectivity index (χ4n) is 1.21. The summed E-state index contributed by atoms with van der Waals surface area (Å²) in [5.74, 6) is -0.350. The Morgan fingerprint density at radius 1 is 1.33 bits per heavy atom. The number of hydrogen-bond donors (Lipinski definition) is 1. The van der Waals surface area contributed by atoms with Crippen molar-refractivity contribution >= 4 is 28.1 Å². The van der Waals surface area contributed by atoms with Crippen LogP contribution in [0.4, 0.5) is 0 Å². The van der Waals surface area contributed by atoms with Gasteiger partial charge in [-0.3, -0.25) is 14.8 Å². The van der Waals surface area contributed by atoms with Gasteiger partial charge in [0, 0.05) is 28.6 Å². The quantitative estimate of drug-likeness (QED) is 0.696. The van der Waals surface area contributed by atoms with Crippen molar-refractivity contribution in [2.24, 2.45) is 5.10 Å². The summed E-state index contributed by atoms with van der Waals surface area (Å²) >= 11 is 3.33. The molecule has 2 rings (SSSR count). The van der Waals surface area contributed by atoms with E-state index in [4.69, 9.17) is 0 Å². The molecule has 2 heterocycles. The molecule has 0 atom stereocenters. The Labute approximate surface area is 112 Å². The van der Waals surface area contributed by atoms with Gasteiger partial charge in [0.1, 0.15) is 5.69 Å². The van der Waals surface area contributed by atoms with E-state index < -0.39 is 0 Å². The number of pyridine rings is 2. The van der Waals surface area contributed by atoms with Crippen LogP contribution in [0.1, 0.15) is 16.1 Å². The molecule has 0 saturated heterocycles. The second-order valence-electron chi connectivity index (χ2n) is 3.31. The Bertz CT molecular complexity index is 571. The van der Waals surface area contributed by atoms with E-state index >= 15 is 0 Å². The highest BCUT2D eigenvalue weighted by molar-refractivity contribution is 9.10. The lowest BCUT2D eigenvalue weighted by molar-refractivity contribution is 0.0950. The van der Waals surface area contributed by atoms with Crippen molar-refractivity contribution in [1.29, 1.82) is 0 Å². The summed E-state index contributed by atoms with van der Waals surface area (Å²) in [6, 6.07) is 6.88. The van der Waals surface area contributed by atoms with E-state index in [2.05, 4.69) is 36.4 Å². The topological polar surface area (TPSA) is 67.2 Å². The van der Waals surface area contributed by atoms with Crippen molar-refractivity contribution in [3.8, 4) is 0 Å². The highest BCUT2D eigenvalue weighted by Gasteiger charge is 2.03. The van der Waals surface area contributed by atoms with Gasteiger partial charge in [0.15, 0.2) is 0 Å². The maximum absolute atomic E-state index is 11.6. The van der Waals surface area contributed by atoms with Crippen LogP contribution in [0.5, 0.6) is 0 Å². The first-order valence-corrected chi connectivity index (χ1v) is 5.90. The van der Waals surface area contributed by atoms with Gasteiger partial charge < -0.3 is 0 Å². The fourth-order valence-corrected chi connectivity index (χ4v) is 1.56. The predicted octanol–water partition coefficient (Wildman–Crippen LogP) is 2.00. The number of halogens is 1. The molecule has 0 aromatic carbocycles. The van der Waals surface area contributed by atoms with Crippen molar-refractivity contribution in [3.05, 3.63) is 58.6 Å². The first-order chi connectivity index (χ1) is 8.77. The second-order valence-corrected chi connectivity index (χ2v) is 4.17. The largest absolute Gasteiger partial charge is 0.289 e. The van der Waals surface area contributed by atoms with Crippen molar-refractivity contribution in [3.63, 3.8) is 0 Å². The SMILES string of the molecule is O=C(N/N=C/c1ccncc1Br)c1ccccn1. The lowest BCUT2D eigenvalue weighted by Crippen LogP contribution is -2.18. The van der Waals surface area contributed by atoms with Gasteiger partial charge in [-0.05, 0) is 34.1 Å². The molecule has 2 aromatic heterocycles. The number of nitrogens with one attached hydrogen (secondary N) is 1. The van der Waals surface area contributed by atoms with Crippen LogP contribution in [0.2, 0.25) is 0 Å². The maximum atomic E-state index is 11.6. The van der Waals surface area contributed by atoms with E-state index in [1.54, 1.807) is 42.9 Å². The molecule has 0 aliphatic carbocycles. The number of amides is 1. The number of hydrogen-bond acceptors (Lipinski definition) is 4. The fraction of sp³-hybridized carbons (Fsp3) is 0. The highest BCUT2D eigenvalue weighted by Crippen LogP contribution is 2.11. The molecule has 0 spiro atoms. The number of nitrogens with zero attached hydrogens (tertiary/aromatic N) is 3. The Morgan fingerprint density at radius 3 is 2.94 bits per heavy atom. The van der Waals surface area contributed by atoms with Gasteiger partial charge in [0.05, 0.1) is 6.21 Å². The minimum absolute atomic E-state index is 0.323. The molecule has 0 unspecified atom stereocenters. The van der Waals surface area contributed by atoms with E-state index in [1.807, 2.05) is 0 Å². The van der Waals surface area contributed by atoms with Crippen LogP contribution in [0.3, 0.4) is 0 Å². The van der Waals surface area contributed by atoms with E-state index in [-0.39, 0.29) is 5.91 Å². The van der Waals surface area contributed by atoms with Crippen LogP contribution in [-0.2, 0) is 0 Å². The standard InChI is InChI=1S/C12H9BrN4O/c13-10-8-14-6-4-9(10)7-16-17-12(18)11-3-1-2-5-15-11/h1-8H,(H,17,18)/b16-7+. The van der Waals surface area contributed by atoms with Gasteiger partial charge in [0.25, 0.3) is 5.91 Å². The van der Waals surface area contributed by atoms with Gasteiger partial charge in [0.2, 0.25) is 0 Å². The Balaban J connectivity index is 2.00. The number of rotatable bonds is 3. The second kappa shape index (κ2) is 6.02. The Kier molecular flexibility index (Phi) is 4.14. The highest BCUT2D eigenvalue weighted by atomic mass is 79.9. The van der Waals surface area contributed by atoms with Crippen molar-refractivity contribution in [2.75, 3.05) is 0 Å². The van der Waals surface area contributed by atoms with E-state index in [0.29, 0.717) is 5.69 Å². The van der Waals surface area contributed by atoms with E-state index in [1.165, 1.54) is 6.21 Å². The third-order valence-corrected chi connectivity index (χ3v) is 2.73. The molecule has 0 aliphatic rings. The van der Waals surface area contributed by atoms with Gasteiger partial charge in [-0.25, -0.2) is 5.43 Å². The van der Waals surface area contributed by atoms with Gasteiger partial charge in [-0.1, -0.05) is 6.07 Å². The van der Waals surface area contributed by atoms with E-state index in [0.717, 1.165) is 10.0 Å². The Morgan fingerprint density at radius 2 is 2.22 bits per heavy atom. The summed E-state index contributed by atoms with van der Waals surface area (Å²) < 4.78 is 0.806.